The van der Waals surface area contributed by atoms with E-state index in [0.717, 1.165) is 0 Å². The van der Waals surface area contributed by atoms with Gasteiger partial charge in [0.15, 0.2) is 0 Å². The second kappa shape index (κ2) is 7.13. The van der Waals surface area contributed by atoms with E-state index < -0.39 is 31.0 Å². The molecule has 0 aliphatic carbocycles. The van der Waals surface area contributed by atoms with Crippen LogP contribution >= 0.6 is 0 Å². The van der Waals surface area contributed by atoms with Crippen molar-refractivity contribution in [3.63, 3.8) is 0 Å². The summed E-state index contributed by atoms with van der Waals surface area (Å²) in [7, 11) is 0. The van der Waals surface area contributed by atoms with Crippen LogP contribution < -0.4 is 5.73 Å². The minimum atomic E-state index is -1.59. The molecule has 0 aromatic carbocycles. The maximum Gasteiger partial charge on any atom is 0.111 e. The normalized spacial score (nSPS) is 19.8. The van der Waals surface area contributed by atoms with Gasteiger partial charge in [0.05, 0.1) is 12.7 Å². The molecular weight excluding hydrogens is 185 g/mol. The van der Waals surface area contributed by atoms with E-state index in [1.165, 1.54) is 0 Å². The van der Waals surface area contributed by atoms with E-state index in [1.54, 1.807) is 0 Å². The first-order valence-electron chi connectivity index (χ1n) is 3.57. The molecule has 7 N–H and O–H groups in total. The Balaban J connectivity index is 0. The van der Waals surface area contributed by atoms with E-state index in [9.17, 15) is 0 Å². The lowest BCUT2D eigenvalue weighted by atomic mass is 10.0. The molecule has 7 heteroatoms. The summed E-state index contributed by atoms with van der Waals surface area (Å²) in [5, 5.41) is 44.2. The van der Waals surface area contributed by atoms with E-state index in [2.05, 4.69) is 0 Å². The fourth-order valence-corrected chi connectivity index (χ4v) is 0.703. The zero-order valence-corrected chi connectivity index (χ0v) is 6.95. The lowest BCUT2D eigenvalue weighted by Crippen LogP contribution is -2.48. The predicted molar refractivity (Wildman–Crippen MR) is 42.7 cm³/mol. The summed E-state index contributed by atoms with van der Waals surface area (Å²) in [4.78, 5) is 0. The summed E-state index contributed by atoms with van der Waals surface area (Å²) in [6.07, 6.45) is -5.91. The van der Waals surface area contributed by atoms with Gasteiger partial charge in [-0.2, -0.15) is 0 Å². The third-order valence-corrected chi connectivity index (χ3v) is 1.57. The van der Waals surface area contributed by atoms with Crippen LogP contribution in [-0.4, -0.2) is 63.1 Å². The molecule has 0 amide bonds. The molecule has 0 unspecified atom stereocenters. The van der Waals surface area contributed by atoms with E-state index in [1.807, 2.05) is 0 Å². The standard InChI is InChI=1S/C6H15NO5.FH/c7-1-3(9)5(11)6(12)4(10)2-8;/h3-6,8-12H,1-2,7H2;1H/t3-,4-,5-,6-;/m1./s1. The fourth-order valence-electron chi connectivity index (χ4n) is 0.703. The zero-order chi connectivity index (χ0) is 9.72. The van der Waals surface area contributed by atoms with E-state index in [4.69, 9.17) is 31.3 Å². The average Bonchev–Trinajstić information content (AvgIpc) is 2.12. The monoisotopic (exact) mass is 201 g/mol. The maximum absolute atomic E-state index is 9.04. The van der Waals surface area contributed by atoms with Crippen LogP contribution in [0.5, 0.6) is 0 Å². The van der Waals surface area contributed by atoms with Crippen LogP contribution in [0.3, 0.4) is 0 Å². The average molecular weight is 201 g/mol. The predicted octanol–water partition coefficient (Wildman–Crippen LogP) is -3.47. The van der Waals surface area contributed by atoms with Gasteiger partial charge in [0.1, 0.15) is 18.3 Å². The molecule has 0 radical (unpaired) electrons. The lowest BCUT2D eigenvalue weighted by molar-refractivity contribution is -0.112. The summed E-state index contributed by atoms with van der Waals surface area (Å²) < 4.78 is 0. The van der Waals surface area contributed by atoms with Crippen molar-refractivity contribution in [2.75, 3.05) is 13.2 Å². The topological polar surface area (TPSA) is 127 Å². The van der Waals surface area contributed by atoms with Crippen LogP contribution in [0.1, 0.15) is 0 Å². The first-order valence-corrected chi connectivity index (χ1v) is 3.57. The van der Waals surface area contributed by atoms with Crippen molar-refractivity contribution in [2.24, 2.45) is 5.73 Å². The first kappa shape index (κ1) is 15.2. The number of nitrogens with two attached hydrogens (primary N) is 1. The van der Waals surface area contributed by atoms with Gasteiger partial charge in [0.25, 0.3) is 0 Å². The molecule has 0 aromatic rings. The summed E-state index contributed by atoms with van der Waals surface area (Å²) in [5.74, 6) is 0. The minimum Gasteiger partial charge on any atom is -0.394 e. The molecule has 4 atom stereocenters. The van der Waals surface area contributed by atoms with Gasteiger partial charge in [0.2, 0.25) is 0 Å². The van der Waals surface area contributed by atoms with E-state index >= 15 is 0 Å². The third-order valence-electron chi connectivity index (χ3n) is 1.57. The summed E-state index contributed by atoms with van der Waals surface area (Å²) in [5.41, 5.74) is 4.99. The smallest absolute Gasteiger partial charge is 0.111 e. The Morgan fingerprint density at radius 1 is 0.923 bits per heavy atom. The van der Waals surface area contributed by atoms with E-state index in [-0.39, 0.29) is 11.2 Å². The van der Waals surface area contributed by atoms with Crippen LogP contribution in [0.2, 0.25) is 0 Å². The molecule has 0 saturated heterocycles. The Kier molecular flexibility index (Phi) is 8.32. The highest BCUT2D eigenvalue weighted by molar-refractivity contribution is 4.80. The number of hydrogen-bond donors (Lipinski definition) is 6. The van der Waals surface area contributed by atoms with Crippen molar-refractivity contribution >= 4 is 0 Å². The van der Waals surface area contributed by atoms with Gasteiger partial charge < -0.3 is 31.3 Å². The van der Waals surface area contributed by atoms with Crippen LogP contribution in [0.4, 0.5) is 4.70 Å². The summed E-state index contributed by atoms with van der Waals surface area (Å²) >= 11 is 0. The second-order valence-corrected chi connectivity index (χ2v) is 2.53. The Hall–Kier alpha value is -0.310. The van der Waals surface area contributed by atoms with Crippen LogP contribution in [0.25, 0.3) is 0 Å². The Bertz CT molecular complexity index is 114. The molecule has 0 aliphatic rings. The highest BCUT2D eigenvalue weighted by atomic mass is 19.0. The summed E-state index contributed by atoms with van der Waals surface area (Å²) in [6, 6.07) is 0. The number of rotatable bonds is 5. The van der Waals surface area contributed by atoms with E-state index in [0.29, 0.717) is 0 Å². The third kappa shape index (κ3) is 4.46. The van der Waals surface area contributed by atoms with Gasteiger partial charge in [-0.15, -0.1) is 0 Å². The molecular formula is C6H16FNO5. The SMILES string of the molecule is F.NC[C@@H](O)[C@@H](O)[C@H](O)[C@H](O)CO. The number of aliphatic hydroxyl groups excluding tert-OH is 5. The molecule has 0 heterocycles. The number of hydrogen-bond acceptors (Lipinski definition) is 6. The molecule has 0 bridgehead atoms. The highest BCUT2D eigenvalue weighted by Crippen LogP contribution is 2.03. The first-order chi connectivity index (χ1) is 5.54. The van der Waals surface area contributed by atoms with Crippen LogP contribution in [0.15, 0.2) is 0 Å². The molecule has 0 saturated carbocycles. The van der Waals surface area contributed by atoms with Gasteiger partial charge in [-0.05, 0) is 0 Å². The van der Waals surface area contributed by atoms with Gasteiger partial charge in [-0.1, -0.05) is 0 Å². The molecule has 0 aromatic heterocycles. The van der Waals surface area contributed by atoms with Crippen molar-refractivity contribution in [1.82, 2.24) is 0 Å². The Labute approximate surface area is 74.6 Å². The van der Waals surface area contributed by atoms with Gasteiger partial charge in [-0.3, -0.25) is 4.70 Å². The van der Waals surface area contributed by atoms with Gasteiger partial charge in [0, 0.05) is 6.54 Å². The van der Waals surface area contributed by atoms with Gasteiger partial charge >= 0.3 is 0 Å². The maximum atomic E-state index is 9.04. The molecule has 0 aliphatic heterocycles. The molecule has 6 nitrogen and oxygen atoms in total. The largest absolute Gasteiger partial charge is 0.394 e. The van der Waals surface area contributed by atoms with Crippen molar-refractivity contribution in [2.45, 2.75) is 24.4 Å². The highest BCUT2D eigenvalue weighted by Gasteiger charge is 2.28. The van der Waals surface area contributed by atoms with Gasteiger partial charge in [-0.25, -0.2) is 0 Å². The van der Waals surface area contributed by atoms with Crippen molar-refractivity contribution < 1.29 is 30.2 Å². The molecule has 0 rings (SSSR count). The number of aliphatic hydroxyl groups is 5. The molecule has 13 heavy (non-hydrogen) atoms. The number of halogens is 1. The molecule has 82 valence electrons. The van der Waals surface area contributed by atoms with Crippen molar-refractivity contribution in [3.8, 4) is 0 Å². The Morgan fingerprint density at radius 2 is 1.31 bits per heavy atom. The van der Waals surface area contributed by atoms with Crippen LogP contribution in [0, 0.1) is 0 Å². The van der Waals surface area contributed by atoms with Crippen molar-refractivity contribution in [3.05, 3.63) is 0 Å². The molecule has 0 fully saturated rings. The zero-order valence-electron chi connectivity index (χ0n) is 6.95. The Morgan fingerprint density at radius 3 is 1.62 bits per heavy atom. The fraction of sp³-hybridized carbons (Fsp3) is 1.00. The van der Waals surface area contributed by atoms with Crippen molar-refractivity contribution in [1.29, 1.82) is 0 Å². The minimum absolute atomic E-state index is 0. The second-order valence-electron chi connectivity index (χ2n) is 2.53. The quantitative estimate of drug-likeness (QED) is 0.274. The van der Waals surface area contributed by atoms with Crippen LogP contribution in [-0.2, 0) is 0 Å². The molecule has 0 spiro atoms. The lowest BCUT2D eigenvalue weighted by Gasteiger charge is -2.24. The summed E-state index contributed by atoms with van der Waals surface area (Å²) in [6.45, 7) is -0.911.